The molecule has 0 aliphatic rings. The van der Waals surface area contributed by atoms with Gasteiger partial charge in [0, 0.05) is 17.4 Å². The van der Waals surface area contributed by atoms with Gasteiger partial charge in [-0.2, -0.15) is 0 Å². The monoisotopic (exact) mass is 493 g/mol. The minimum Gasteiger partial charge on any atom is -0.227 e. The van der Waals surface area contributed by atoms with Crippen molar-refractivity contribution < 1.29 is 13.6 Å². The molecular weight excluding hydrogens is 463 g/mol. The van der Waals surface area contributed by atoms with Crippen LogP contribution in [0.2, 0.25) is 0 Å². The summed E-state index contributed by atoms with van der Waals surface area (Å²) in [7, 11) is -2.40. The Morgan fingerprint density at radius 1 is 0.500 bits per heavy atom. The van der Waals surface area contributed by atoms with E-state index in [1.807, 2.05) is 109 Å². The second-order valence-corrected chi connectivity index (χ2v) is 9.26. The van der Waals surface area contributed by atoms with Gasteiger partial charge in [-0.15, -0.1) is 0 Å². The Morgan fingerprint density at radius 3 is 1.14 bits per heavy atom. The first-order chi connectivity index (χ1) is 17.7. The molecule has 0 saturated heterocycles. The molecule has 4 rings (SSSR count). The van der Waals surface area contributed by atoms with Crippen LogP contribution in [0.3, 0.4) is 0 Å². The molecule has 3 nitrogen and oxygen atoms in total. The van der Waals surface area contributed by atoms with Gasteiger partial charge in [-0.05, 0) is 47.2 Å². The van der Waals surface area contributed by atoms with E-state index in [-0.39, 0.29) is 0 Å². The number of allylic oxidation sites excluding steroid dienone is 4. The Balaban J connectivity index is 1.48. The third kappa shape index (κ3) is 8.69. The summed E-state index contributed by atoms with van der Waals surface area (Å²) < 4.78 is 24.9. The van der Waals surface area contributed by atoms with Crippen LogP contribution in [0.4, 0.5) is 0 Å². The normalized spacial score (nSPS) is 11.7. The summed E-state index contributed by atoms with van der Waals surface area (Å²) in [6.45, 7) is 0. The molecule has 0 aliphatic heterocycles. The lowest BCUT2D eigenvalue weighted by molar-refractivity contribution is 0.305. The van der Waals surface area contributed by atoms with Crippen molar-refractivity contribution in [3.05, 3.63) is 167 Å². The first kappa shape index (κ1) is 25.2. The van der Waals surface area contributed by atoms with E-state index in [0.29, 0.717) is 37.2 Å². The second kappa shape index (κ2) is 13.8. The minimum atomic E-state index is -2.40. The van der Waals surface area contributed by atoms with Gasteiger partial charge in [0.25, 0.3) is 0 Å². The Bertz CT molecular complexity index is 1170. The van der Waals surface area contributed by atoms with E-state index < -0.39 is 8.25 Å². The standard InChI is InChI=1S/C32H30O3P/c33-36(34-31(25-29-17-9-3-10-18-29)23-21-27-13-5-1-6-14-27)35-32(26-30-19-11-4-12-20-30)24-22-28-15-7-2-8-16-28/h1-20,23-24H,21-22,25-26H2/q+1/b31-23-,32-24-. The van der Waals surface area contributed by atoms with E-state index in [4.69, 9.17) is 9.05 Å². The molecule has 0 aromatic heterocycles. The highest BCUT2D eigenvalue weighted by Gasteiger charge is 2.27. The Hall–Kier alpha value is -3.94. The summed E-state index contributed by atoms with van der Waals surface area (Å²) in [5.74, 6) is 1.27. The topological polar surface area (TPSA) is 35.5 Å². The molecule has 4 aromatic carbocycles. The van der Waals surface area contributed by atoms with Gasteiger partial charge in [0.15, 0.2) is 11.5 Å². The smallest absolute Gasteiger partial charge is 0.227 e. The maximum Gasteiger partial charge on any atom is 0.804 e. The maximum atomic E-state index is 13.1. The molecule has 4 heteroatoms. The summed E-state index contributed by atoms with van der Waals surface area (Å²) in [4.78, 5) is 0. The molecule has 0 N–H and O–H groups in total. The van der Waals surface area contributed by atoms with Crippen LogP contribution in [0.15, 0.2) is 145 Å². The molecule has 0 atom stereocenters. The summed E-state index contributed by atoms with van der Waals surface area (Å²) in [5, 5.41) is 0. The maximum absolute atomic E-state index is 13.1. The fraction of sp³-hybridized carbons (Fsp3) is 0.125. The quantitative estimate of drug-likeness (QED) is 0.147. The second-order valence-electron chi connectivity index (χ2n) is 8.45. The van der Waals surface area contributed by atoms with Crippen molar-refractivity contribution in [3.8, 4) is 0 Å². The average molecular weight is 494 g/mol. The van der Waals surface area contributed by atoms with E-state index in [1.54, 1.807) is 0 Å². The molecule has 0 aliphatic carbocycles. The van der Waals surface area contributed by atoms with Crippen molar-refractivity contribution in [1.82, 2.24) is 0 Å². The van der Waals surface area contributed by atoms with Gasteiger partial charge < -0.3 is 0 Å². The number of hydrogen-bond donors (Lipinski definition) is 0. The van der Waals surface area contributed by atoms with E-state index in [2.05, 4.69) is 24.3 Å². The van der Waals surface area contributed by atoms with Gasteiger partial charge >= 0.3 is 8.25 Å². The molecule has 0 amide bonds. The van der Waals surface area contributed by atoms with Crippen LogP contribution in [-0.2, 0) is 39.3 Å². The average Bonchev–Trinajstić information content (AvgIpc) is 2.93. The van der Waals surface area contributed by atoms with Gasteiger partial charge in [-0.1, -0.05) is 121 Å². The molecule has 0 fully saturated rings. The van der Waals surface area contributed by atoms with Crippen LogP contribution in [0.25, 0.3) is 0 Å². The predicted molar refractivity (Wildman–Crippen MR) is 147 cm³/mol. The summed E-state index contributed by atoms with van der Waals surface area (Å²) in [6.07, 6.45) is 6.44. The molecule has 0 unspecified atom stereocenters. The SMILES string of the molecule is O=[P+](O/C(=C\Cc1ccccc1)Cc1ccccc1)O/C(=C\Cc1ccccc1)Cc1ccccc1. The van der Waals surface area contributed by atoms with Gasteiger partial charge in [-0.25, -0.2) is 9.05 Å². The summed E-state index contributed by atoms with van der Waals surface area (Å²) >= 11 is 0. The minimum absolute atomic E-state index is 0.542. The van der Waals surface area contributed by atoms with Gasteiger partial charge in [0.2, 0.25) is 0 Å². The lowest BCUT2D eigenvalue weighted by Crippen LogP contribution is -1.98. The molecule has 36 heavy (non-hydrogen) atoms. The van der Waals surface area contributed by atoms with E-state index in [0.717, 1.165) is 22.3 Å². The highest BCUT2D eigenvalue weighted by Crippen LogP contribution is 2.34. The van der Waals surface area contributed by atoms with Crippen molar-refractivity contribution in [2.45, 2.75) is 25.7 Å². The molecule has 0 radical (unpaired) electrons. The highest BCUT2D eigenvalue weighted by molar-refractivity contribution is 7.33. The fourth-order valence-electron chi connectivity index (χ4n) is 3.78. The zero-order valence-corrected chi connectivity index (χ0v) is 21.1. The van der Waals surface area contributed by atoms with Crippen molar-refractivity contribution in [3.63, 3.8) is 0 Å². The van der Waals surface area contributed by atoms with Crippen molar-refractivity contribution in [2.24, 2.45) is 0 Å². The number of benzene rings is 4. The van der Waals surface area contributed by atoms with Crippen LogP contribution in [0.5, 0.6) is 0 Å². The molecular formula is C32H30O3P+. The van der Waals surface area contributed by atoms with E-state index >= 15 is 0 Å². The van der Waals surface area contributed by atoms with Crippen LogP contribution in [-0.4, -0.2) is 0 Å². The van der Waals surface area contributed by atoms with E-state index in [9.17, 15) is 4.57 Å². The van der Waals surface area contributed by atoms with Gasteiger partial charge in [0.1, 0.15) is 0 Å². The zero-order chi connectivity index (χ0) is 24.8. The first-order valence-corrected chi connectivity index (χ1v) is 13.2. The van der Waals surface area contributed by atoms with Crippen LogP contribution >= 0.6 is 8.25 Å². The van der Waals surface area contributed by atoms with Crippen molar-refractivity contribution in [2.75, 3.05) is 0 Å². The lowest BCUT2D eigenvalue weighted by Gasteiger charge is -2.05. The molecule has 4 aromatic rings. The molecule has 0 saturated carbocycles. The van der Waals surface area contributed by atoms with E-state index in [1.165, 1.54) is 0 Å². The Labute approximate surface area is 214 Å². The van der Waals surface area contributed by atoms with Crippen molar-refractivity contribution in [1.29, 1.82) is 0 Å². The Morgan fingerprint density at radius 2 is 0.806 bits per heavy atom. The molecule has 0 heterocycles. The third-order valence-corrected chi connectivity index (χ3v) is 6.41. The number of rotatable bonds is 12. The van der Waals surface area contributed by atoms with Crippen LogP contribution in [0.1, 0.15) is 22.3 Å². The molecule has 0 spiro atoms. The summed E-state index contributed by atoms with van der Waals surface area (Å²) in [5.41, 5.74) is 4.50. The third-order valence-electron chi connectivity index (χ3n) is 5.64. The number of hydrogen-bond acceptors (Lipinski definition) is 3. The lowest BCUT2D eigenvalue weighted by atomic mass is 10.1. The highest BCUT2D eigenvalue weighted by atomic mass is 31.1. The predicted octanol–water partition coefficient (Wildman–Crippen LogP) is 8.42. The van der Waals surface area contributed by atoms with Crippen LogP contribution in [0, 0.1) is 0 Å². The largest absolute Gasteiger partial charge is 0.804 e. The Kier molecular flexibility index (Phi) is 9.66. The summed E-state index contributed by atoms with van der Waals surface area (Å²) in [6, 6.07) is 40.4. The van der Waals surface area contributed by atoms with Crippen LogP contribution < -0.4 is 0 Å². The first-order valence-electron chi connectivity index (χ1n) is 12.1. The molecule has 0 bridgehead atoms. The molecule has 180 valence electrons. The fourth-order valence-corrected chi connectivity index (χ4v) is 4.48. The van der Waals surface area contributed by atoms with Gasteiger partial charge in [0.05, 0.1) is 0 Å². The van der Waals surface area contributed by atoms with Gasteiger partial charge in [-0.3, -0.25) is 0 Å². The van der Waals surface area contributed by atoms with Crippen molar-refractivity contribution >= 4 is 8.25 Å². The zero-order valence-electron chi connectivity index (χ0n) is 20.2.